The van der Waals surface area contributed by atoms with Crippen molar-refractivity contribution in [2.45, 2.75) is 6.92 Å². The summed E-state index contributed by atoms with van der Waals surface area (Å²) >= 11 is 0. The summed E-state index contributed by atoms with van der Waals surface area (Å²) in [5, 5.41) is 4.13. The second-order valence-corrected chi connectivity index (χ2v) is 3.77. The molecule has 0 aliphatic rings. The Morgan fingerprint density at radius 3 is 2.62 bits per heavy atom. The van der Waals surface area contributed by atoms with Crippen molar-refractivity contribution in [2.75, 3.05) is 12.8 Å². The zero-order valence-corrected chi connectivity index (χ0v) is 9.69. The highest BCUT2D eigenvalue weighted by Gasteiger charge is 2.12. The molecule has 2 N–H and O–H groups in total. The molecule has 2 aromatic rings. The topological polar surface area (TPSA) is 53.1 Å². The molecule has 1 aromatic carbocycles. The summed E-state index contributed by atoms with van der Waals surface area (Å²) in [6, 6.07) is 6.02. The highest BCUT2D eigenvalue weighted by Crippen LogP contribution is 2.33. The number of aromatic nitrogens is 2. The van der Waals surface area contributed by atoms with Gasteiger partial charge < -0.3 is 10.5 Å². The lowest BCUT2D eigenvalue weighted by Crippen LogP contribution is -1.98. The normalized spacial score (nSPS) is 10.4. The van der Waals surface area contributed by atoms with Crippen LogP contribution in [0, 0.1) is 6.92 Å². The van der Waals surface area contributed by atoms with Gasteiger partial charge in [-0.2, -0.15) is 5.10 Å². The average Bonchev–Trinajstić information content (AvgIpc) is 2.60. The van der Waals surface area contributed by atoms with Crippen molar-refractivity contribution in [1.82, 2.24) is 9.78 Å². The van der Waals surface area contributed by atoms with Gasteiger partial charge in [-0.05, 0) is 18.6 Å². The smallest absolute Gasteiger partial charge is 0.129 e. The van der Waals surface area contributed by atoms with Gasteiger partial charge in [-0.25, -0.2) is 0 Å². The maximum atomic E-state index is 5.94. The van der Waals surface area contributed by atoms with E-state index in [2.05, 4.69) is 5.10 Å². The molecule has 2 rings (SSSR count). The van der Waals surface area contributed by atoms with E-state index in [0.717, 1.165) is 22.4 Å². The fourth-order valence-electron chi connectivity index (χ4n) is 1.68. The summed E-state index contributed by atoms with van der Waals surface area (Å²) in [5.41, 5.74) is 8.97. The van der Waals surface area contributed by atoms with Crippen LogP contribution in [-0.4, -0.2) is 16.9 Å². The van der Waals surface area contributed by atoms with E-state index in [1.807, 2.05) is 32.2 Å². The Hall–Kier alpha value is -1.97. The quantitative estimate of drug-likeness (QED) is 0.836. The van der Waals surface area contributed by atoms with Gasteiger partial charge in [0.1, 0.15) is 11.6 Å². The molecular weight excluding hydrogens is 202 g/mol. The third kappa shape index (κ3) is 1.62. The molecule has 4 nitrogen and oxygen atoms in total. The van der Waals surface area contributed by atoms with Crippen molar-refractivity contribution in [3.63, 3.8) is 0 Å². The molecule has 1 aromatic heterocycles. The van der Waals surface area contributed by atoms with Crippen molar-refractivity contribution in [3.8, 4) is 16.9 Å². The van der Waals surface area contributed by atoms with Crippen LogP contribution in [0.3, 0.4) is 0 Å². The molecule has 4 heteroatoms. The van der Waals surface area contributed by atoms with E-state index in [1.54, 1.807) is 18.0 Å². The number of hydrogen-bond acceptors (Lipinski definition) is 3. The van der Waals surface area contributed by atoms with Crippen molar-refractivity contribution in [2.24, 2.45) is 7.05 Å². The minimum absolute atomic E-state index is 0.641. The number of hydrogen-bond donors (Lipinski definition) is 1. The Kier molecular flexibility index (Phi) is 2.56. The predicted molar refractivity (Wildman–Crippen MR) is 64.3 cm³/mol. The summed E-state index contributed by atoms with van der Waals surface area (Å²) in [6.07, 6.45) is 1.75. The number of benzene rings is 1. The van der Waals surface area contributed by atoms with Gasteiger partial charge in [0, 0.05) is 18.2 Å². The first-order valence-electron chi connectivity index (χ1n) is 5.06. The highest BCUT2D eigenvalue weighted by molar-refractivity contribution is 5.78. The van der Waals surface area contributed by atoms with E-state index < -0.39 is 0 Å². The minimum atomic E-state index is 0.641. The van der Waals surface area contributed by atoms with E-state index in [-0.39, 0.29) is 0 Å². The van der Waals surface area contributed by atoms with Crippen LogP contribution in [-0.2, 0) is 7.05 Å². The number of nitrogens with two attached hydrogens (primary N) is 1. The van der Waals surface area contributed by atoms with Crippen LogP contribution >= 0.6 is 0 Å². The summed E-state index contributed by atoms with van der Waals surface area (Å²) in [7, 11) is 3.48. The summed E-state index contributed by atoms with van der Waals surface area (Å²) < 4.78 is 7.00. The molecule has 0 aliphatic heterocycles. The van der Waals surface area contributed by atoms with Crippen LogP contribution < -0.4 is 10.5 Å². The van der Waals surface area contributed by atoms with Crippen molar-refractivity contribution < 1.29 is 4.74 Å². The van der Waals surface area contributed by atoms with Crippen LogP contribution in [0.15, 0.2) is 24.4 Å². The lowest BCUT2D eigenvalue weighted by atomic mass is 10.1. The Morgan fingerprint density at radius 2 is 2.06 bits per heavy atom. The molecular formula is C12H15N3O. The number of ether oxygens (including phenoxy) is 1. The molecule has 0 aliphatic carbocycles. The van der Waals surface area contributed by atoms with Gasteiger partial charge in [0.15, 0.2) is 0 Å². The minimum Gasteiger partial charge on any atom is -0.496 e. The zero-order valence-electron chi connectivity index (χ0n) is 9.69. The average molecular weight is 217 g/mol. The van der Waals surface area contributed by atoms with Gasteiger partial charge in [-0.3, -0.25) is 4.68 Å². The lowest BCUT2D eigenvalue weighted by molar-refractivity contribution is 0.416. The zero-order chi connectivity index (χ0) is 11.7. The standard InChI is InChI=1S/C12H15N3O/c1-8-4-5-9(11(6-8)16-3)10-7-14-15(2)12(10)13/h4-7H,13H2,1-3H3. The number of nitrogens with zero attached hydrogens (tertiary/aromatic N) is 2. The molecule has 0 atom stereocenters. The van der Waals surface area contributed by atoms with Gasteiger partial charge >= 0.3 is 0 Å². The molecule has 0 saturated heterocycles. The Morgan fingerprint density at radius 1 is 1.31 bits per heavy atom. The van der Waals surface area contributed by atoms with Crippen LogP contribution in [0.2, 0.25) is 0 Å². The van der Waals surface area contributed by atoms with Crippen molar-refractivity contribution in [1.29, 1.82) is 0 Å². The maximum Gasteiger partial charge on any atom is 0.129 e. The first kappa shape index (κ1) is 10.5. The molecule has 0 fully saturated rings. The predicted octanol–water partition coefficient (Wildman–Crippen LogP) is 1.99. The van der Waals surface area contributed by atoms with E-state index >= 15 is 0 Å². The van der Waals surface area contributed by atoms with Gasteiger partial charge in [0.25, 0.3) is 0 Å². The third-order valence-corrected chi connectivity index (χ3v) is 2.63. The monoisotopic (exact) mass is 217 g/mol. The molecule has 0 spiro atoms. The summed E-state index contributed by atoms with van der Waals surface area (Å²) in [4.78, 5) is 0. The van der Waals surface area contributed by atoms with Gasteiger partial charge in [-0.1, -0.05) is 12.1 Å². The van der Waals surface area contributed by atoms with E-state index in [4.69, 9.17) is 10.5 Å². The van der Waals surface area contributed by atoms with Crippen LogP contribution in [0.4, 0.5) is 5.82 Å². The Balaban J connectivity index is 2.59. The molecule has 84 valence electrons. The Bertz CT molecular complexity index is 517. The van der Waals surface area contributed by atoms with Crippen molar-refractivity contribution in [3.05, 3.63) is 30.0 Å². The molecule has 0 radical (unpaired) electrons. The molecule has 0 unspecified atom stereocenters. The number of methoxy groups -OCH3 is 1. The number of rotatable bonds is 2. The summed E-state index contributed by atoms with van der Waals surface area (Å²) in [5.74, 6) is 1.46. The first-order chi connectivity index (χ1) is 7.63. The van der Waals surface area contributed by atoms with Crippen LogP contribution in [0.1, 0.15) is 5.56 Å². The van der Waals surface area contributed by atoms with Crippen LogP contribution in [0.25, 0.3) is 11.1 Å². The molecule has 16 heavy (non-hydrogen) atoms. The third-order valence-electron chi connectivity index (χ3n) is 2.63. The fraction of sp³-hybridized carbons (Fsp3) is 0.250. The second-order valence-electron chi connectivity index (χ2n) is 3.77. The highest BCUT2D eigenvalue weighted by atomic mass is 16.5. The largest absolute Gasteiger partial charge is 0.496 e. The van der Waals surface area contributed by atoms with Crippen molar-refractivity contribution >= 4 is 5.82 Å². The first-order valence-corrected chi connectivity index (χ1v) is 5.06. The lowest BCUT2D eigenvalue weighted by Gasteiger charge is -2.08. The second kappa shape index (κ2) is 3.89. The number of aryl methyl sites for hydroxylation is 2. The Labute approximate surface area is 94.6 Å². The van der Waals surface area contributed by atoms with Crippen LogP contribution in [0.5, 0.6) is 5.75 Å². The number of nitrogen functional groups attached to an aromatic ring is 1. The van der Waals surface area contributed by atoms with Gasteiger partial charge in [-0.15, -0.1) is 0 Å². The van der Waals surface area contributed by atoms with E-state index in [1.165, 1.54) is 0 Å². The van der Waals surface area contributed by atoms with Gasteiger partial charge in [0.05, 0.1) is 13.3 Å². The molecule has 0 amide bonds. The van der Waals surface area contributed by atoms with Gasteiger partial charge in [0.2, 0.25) is 0 Å². The maximum absolute atomic E-state index is 5.94. The molecule has 0 saturated carbocycles. The number of anilines is 1. The molecule has 1 heterocycles. The van der Waals surface area contributed by atoms with E-state index in [0.29, 0.717) is 5.82 Å². The molecule has 0 bridgehead atoms. The fourth-order valence-corrected chi connectivity index (χ4v) is 1.68. The van der Waals surface area contributed by atoms with E-state index in [9.17, 15) is 0 Å². The summed E-state index contributed by atoms with van der Waals surface area (Å²) in [6.45, 7) is 2.03. The SMILES string of the molecule is COc1cc(C)ccc1-c1cnn(C)c1N.